The zero-order valence-corrected chi connectivity index (χ0v) is 11.2. The van der Waals surface area contributed by atoms with E-state index in [0.29, 0.717) is 5.69 Å². The van der Waals surface area contributed by atoms with Crippen LogP contribution in [0.15, 0.2) is 5.38 Å². The Bertz CT molecular complexity index is 402. The van der Waals surface area contributed by atoms with Gasteiger partial charge in [-0.05, 0) is 33.1 Å². The monoisotopic (exact) mass is 253 g/mol. The van der Waals surface area contributed by atoms with Gasteiger partial charge >= 0.3 is 0 Å². The van der Waals surface area contributed by atoms with Gasteiger partial charge in [0.2, 0.25) is 0 Å². The van der Waals surface area contributed by atoms with Crippen LogP contribution in [0, 0.1) is 6.92 Å². The summed E-state index contributed by atoms with van der Waals surface area (Å²) < 4.78 is 0. The molecule has 0 bridgehead atoms. The summed E-state index contributed by atoms with van der Waals surface area (Å²) in [6.07, 6.45) is 3.23. The Hall–Kier alpha value is -0.940. The number of thiazole rings is 1. The van der Waals surface area contributed by atoms with E-state index in [2.05, 4.69) is 4.98 Å². The third-order valence-electron chi connectivity index (χ3n) is 3.26. The summed E-state index contributed by atoms with van der Waals surface area (Å²) in [6, 6.07) is 0.192. The molecule has 0 saturated carbocycles. The van der Waals surface area contributed by atoms with Crippen molar-refractivity contribution in [1.82, 2.24) is 9.88 Å². The average Bonchev–Trinajstić information content (AvgIpc) is 2.75. The summed E-state index contributed by atoms with van der Waals surface area (Å²) in [5.41, 5.74) is 6.54. The topological polar surface area (TPSA) is 59.2 Å². The van der Waals surface area contributed by atoms with Crippen molar-refractivity contribution in [2.75, 3.05) is 6.54 Å². The van der Waals surface area contributed by atoms with E-state index in [4.69, 9.17) is 5.73 Å². The minimum atomic E-state index is 0.0268. The van der Waals surface area contributed by atoms with Crippen LogP contribution < -0.4 is 5.73 Å². The van der Waals surface area contributed by atoms with Crippen molar-refractivity contribution in [3.05, 3.63) is 16.1 Å². The number of carbonyl (C=O) groups is 1. The Morgan fingerprint density at radius 2 is 2.41 bits per heavy atom. The minimum absolute atomic E-state index is 0.0268. The number of hydrogen-bond donors (Lipinski definition) is 1. The van der Waals surface area contributed by atoms with Crippen LogP contribution in [0.4, 0.5) is 0 Å². The van der Waals surface area contributed by atoms with Crippen molar-refractivity contribution in [2.24, 2.45) is 5.73 Å². The Morgan fingerprint density at radius 3 is 3.00 bits per heavy atom. The maximum Gasteiger partial charge on any atom is 0.273 e. The molecule has 0 aliphatic carbocycles. The Labute approximate surface area is 106 Å². The average molecular weight is 253 g/mol. The van der Waals surface area contributed by atoms with Gasteiger partial charge in [0.15, 0.2) is 0 Å². The fourth-order valence-corrected chi connectivity index (χ4v) is 2.95. The number of carbonyl (C=O) groups excluding carboxylic acids is 1. The first-order valence-corrected chi connectivity index (χ1v) is 6.96. The first kappa shape index (κ1) is 12.5. The lowest BCUT2D eigenvalue weighted by Crippen LogP contribution is -2.51. The molecule has 17 heavy (non-hydrogen) atoms. The highest BCUT2D eigenvalue weighted by Crippen LogP contribution is 2.22. The second kappa shape index (κ2) is 5.14. The van der Waals surface area contributed by atoms with Crippen molar-refractivity contribution in [3.8, 4) is 0 Å². The van der Waals surface area contributed by atoms with Crippen molar-refractivity contribution < 1.29 is 4.79 Å². The molecule has 2 rings (SSSR count). The molecule has 5 heteroatoms. The first-order valence-electron chi connectivity index (χ1n) is 6.08. The van der Waals surface area contributed by atoms with E-state index in [0.717, 1.165) is 30.8 Å². The van der Waals surface area contributed by atoms with Gasteiger partial charge in [-0.2, -0.15) is 0 Å². The maximum atomic E-state index is 12.3. The number of piperidine rings is 1. The highest BCUT2D eigenvalue weighted by molar-refractivity contribution is 7.09. The molecule has 0 aromatic carbocycles. The van der Waals surface area contributed by atoms with E-state index in [1.54, 1.807) is 0 Å². The molecule has 0 spiro atoms. The normalized spacial score (nSPS) is 22.5. The molecule has 2 heterocycles. The van der Waals surface area contributed by atoms with Crippen LogP contribution in [-0.4, -0.2) is 34.4 Å². The van der Waals surface area contributed by atoms with E-state index in [-0.39, 0.29) is 18.0 Å². The maximum absolute atomic E-state index is 12.3. The van der Waals surface area contributed by atoms with Gasteiger partial charge in [-0.25, -0.2) is 4.98 Å². The Kier molecular flexibility index (Phi) is 3.79. The molecule has 1 saturated heterocycles. The molecule has 2 N–H and O–H groups in total. The van der Waals surface area contributed by atoms with Gasteiger partial charge in [-0.15, -0.1) is 11.3 Å². The molecule has 2 atom stereocenters. The quantitative estimate of drug-likeness (QED) is 0.874. The fraction of sp³-hybridized carbons (Fsp3) is 0.667. The summed E-state index contributed by atoms with van der Waals surface area (Å²) in [6.45, 7) is 4.70. The zero-order chi connectivity index (χ0) is 12.4. The lowest BCUT2D eigenvalue weighted by atomic mass is 9.96. The number of aryl methyl sites for hydroxylation is 1. The molecular formula is C12H19N3OS. The molecule has 1 amide bonds. The van der Waals surface area contributed by atoms with Crippen molar-refractivity contribution >= 4 is 17.2 Å². The van der Waals surface area contributed by atoms with Gasteiger partial charge < -0.3 is 10.6 Å². The summed E-state index contributed by atoms with van der Waals surface area (Å²) in [7, 11) is 0. The minimum Gasteiger partial charge on any atom is -0.333 e. The summed E-state index contributed by atoms with van der Waals surface area (Å²) in [5.74, 6) is 0.0383. The van der Waals surface area contributed by atoms with E-state index in [1.165, 1.54) is 11.3 Å². The molecule has 1 fully saturated rings. The van der Waals surface area contributed by atoms with Crippen LogP contribution in [0.25, 0.3) is 0 Å². The lowest BCUT2D eigenvalue weighted by molar-refractivity contribution is 0.0578. The summed E-state index contributed by atoms with van der Waals surface area (Å²) >= 11 is 1.52. The predicted octanol–water partition coefficient (Wildman–Crippen LogP) is 1.79. The van der Waals surface area contributed by atoms with Crippen LogP contribution in [-0.2, 0) is 0 Å². The number of nitrogens with two attached hydrogens (primary N) is 1. The van der Waals surface area contributed by atoms with Crippen molar-refractivity contribution in [1.29, 1.82) is 0 Å². The number of hydrogen-bond acceptors (Lipinski definition) is 4. The van der Waals surface area contributed by atoms with E-state index in [9.17, 15) is 4.79 Å². The van der Waals surface area contributed by atoms with Gasteiger partial charge in [-0.3, -0.25) is 4.79 Å². The second-order valence-electron chi connectivity index (χ2n) is 4.67. The molecule has 0 unspecified atom stereocenters. The first-order chi connectivity index (χ1) is 8.09. The molecule has 0 radical (unpaired) electrons. The smallest absolute Gasteiger partial charge is 0.273 e. The van der Waals surface area contributed by atoms with E-state index >= 15 is 0 Å². The molecule has 1 aliphatic heterocycles. The standard InChI is InChI=1S/C12H19N3OS/c1-8(13)11-5-3-4-6-15(11)12(16)10-7-17-9(2)14-10/h7-8,11H,3-6,13H2,1-2H3/t8-,11-/m1/s1. The number of aromatic nitrogens is 1. The van der Waals surface area contributed by atoms with Crippen molar-refractivity contribution in [2.45, 2.75) is 45.2 Å². The third kappa shape index (κ3) is 2.66. The van der Waals surface area contributed by atoms with Gasteiger partial charge in [0.05, 0.1) is 5.01 Å². The fourth-order valence-electron chi connectivity index (χ4n) is 2.36. The van der Waals surface area contributed by atoms with Gasteiger partial charge in [0.25, 0.3) is 5.91 Å². The molecule has 1 aromatic heterocycles. The molecule has 1 aromatic rings. The van der Waals surface area contributed by atoms with Gasteiger partial charge in [0.1, 0.15) is 5.69 Å². The molecule has 94 valence electrons. The summed E-state index contributed by atoms with van der Waals surface area (Å²) in [4.78, 5) is 18.5. The van der Waals surface area contributed by atoms with Crippen molar-refractivity contribution in [3.63, 3.8) is 0 Å². The van der Waals surface area contributed by atoms with E-state index < -0.39 is 0 Å². The number of amides is 1. The Balaban J connectivity index is 2.16. The molecular weight excluding hydrogens is 234 g/mol. The highest BCUT2D eigenvalue weighted by Gasteiger charge is 2.30. The molecule has 1 aliphatic rings. The van der Waals surface area contributed by atoms with Crippen LogP contribution in [0.2, 0.25) is 0 Å². The number of nitrogens with zero attached hydrogens (tertiary/aromatic N) is 2. The predicted molar refractivity (Wildman–Crippen MR) is 69.2 cm³/mol. The highest BCUT2D eigenvalue weighted by atomic mass is 32.1. The second-order valence-corrected chi connectivity index (χ2v) is 5.73. The van der Waals surface area contributed by atoms with Crippen LogP contribution in [0.3, 0.4) is 0 Å². The Morgan fingerprint density at radius 1 is 1.65 bits per heavy atom. The van der Waals surface area contributed by atoms with Gasteiger partial charge in [0, 0.05) is 24.0 Å². The number of likely N-dealkylation sites (tertiary alicyclic amines) is 1. The number of rotatable bonds is 2. The molecule has 4 nitrogen and oxygen atoms in total. The largest absolute Gasteiger partial charge is 0.333 e. The van der Waals surface area contributed by atoms with Crippen LogP contribution in [0.1, 0.15) is 41.7 Å². The SMILES string of the molecule is Cc1nc(C(=O)N2CCCC[C@@H]2[C@@H](C)N)cs1. The summed E-state index contributed by atoms with van der Waals surface area (Å²) in [5, 5.41) is 2.77. The zero-order valence-electron chi connectivity index (χ0n) is 10.3. The third-order valence-corrected chi connectivity index (χ3v) is 4.03. The van der Waals surface area contributed by atoms with Gasteiger partial charge in [-0.1, -0.05) is 0 Å². The van der Waals surface area contributed by atoms with Crippen LogP contribution in [0.5, 0.6) is 0 Å². The lowest BCUT2D eigenvalue weighted by Gasteiger charge is -2.37. The van der Waals surface area contributed by atoms with Crippen LogP contribution >= 0.6 is 11.3 Å². The van der Waals surface area contributed by atoms with E-state index in [1.807, 2.05) is 24.1 Å².